The standard InChI is InChI=1S/C27H57ClSi/c1-4-6-8-10-12-13-14-15-16-17-18-19-20-21-23-25-27-29(3,28)26-24-22-11-9-7-5-2/h4-27H2,1-3H3. The van der Waals surface area contributed by atoms with Crippen LogP contribution in [-0.2, 0) is 0 Å². The summed E-state index contributed by atoms with van der Waals surface area (Å²) in [4.78, 5) is 0. The predicted molar refractivity (Wildman–Crippen MR) is 140 cm³/mol. The molecule has 0 aliphatic rings. The molecule has 0 saturated carbocycles. The van der Waals surface area contributed by atoms with E-state index in [4.69, 9.17) is 11.1 Å². The van der Waals surface area contributed by atoms with Crippen molar-refractivity contribution in [2.75, 3.05) is 0 Å². The van der Waals surface area contributed by atoms with Crippen LogP contribution in [0.1, 0.15) is 155 Å². The average molecular weight is 445 g/mol. The van der Waals surface area contributed by atoms with Gasteiger partial charge in [-0.3, -0.25) is 0 Å². The lowest BCUT2D eigenvalue weighted by atomic mass is 10.0. The van der Waals surface area contributed by atoms with Crippen molar-refractivity contribution < 1.29 is 0 Å². The summed E-state index contributed by atoms with van der Waals surface area (Å²) >= 11 is 6.88. The van der Waals surface area contributed by atoms with Crippen molar-refractivity contribution in [1.29, 1.82) is 0 Å². The van der Waals surface area contributed by atoms with Crippen LogP contribution in [0, 0.1) is 0 Å². The average Bonchev–Trinajstić information content (AvgIpc) is 2.70. The third kappa shape index (κ3) is 24.6. The van der Waals surface area contributed by atoms with Crippen LogP contribution in [-0.4, -0.2) is 7.38 Å². The van der Waals surface area contributed by atoms with E-state index in [0.717, 1.165) is 0 Å². The van der Waals surface area contributed by atoms with Crippen molar-refractivity contribution in [3.8, 4) is 0 Å². The van der Waals surface area contributed by atoms with Crippen molar-refractivity contribution >= 4 is 18.5 Å². The predicted octanol–water partition coefficient (Wildman–Crippen LogP) is 11.4. The summed E-state index contributed by atoms with van der Waals surface area (Å²) < 4.78 is 0. The van der Waals surface area contributed by atoms with Gasteiger partial charge in [-0.05, 0) is 12.1 Å². The van der Waals surface area contributed by atoms with Crippen LogP contribution in [0.3, 0.4) is 0 Å². The number of unbranched alkanes of at least 4 members (excludes halogenated alkanes) is 20. The third-order valence-electron chi connectivity index (χ3n) is 6.60. The van der Waals surface area contributed by atoms with Gasteiger partial charge in [0.15, 0.2) is 7.38 Å². The van der Waals surface area contributed by atoms with E-state index in [1.54, 1.807) is 0 Å². The van der Waals surface area contributed by atoms with E-state index in [1.807, 2.05) is 0 Å². The Morgan fingerprint density at radius 3 is 0.828 bits per heavy atom. The highest BCUT2D eigenvalue weighted by Crippen LogP contribution is 2.27. The molecular weight excluding hydrogens is 388 g/mol. The molecule has 176 valence electrons. The van der Waals surface area contributed by atoms with E-state index in [1.165, 1.54) is 153 Å². The first-order valence-electron chi connectivity index (χ1n) is 13.8. The summed E-state index contributed by atoms with van der Waals surface area (Å²) in [5, 5.41) is 0. The maximum absolute atomic E-state index is 6.88. The molecule has 1 unspecified atom stereocenters. The van der Waals surface area contributed by atoms with Gasteiger partial charge in [0.2, 0.25) is 0 Å². The summed E-state index contributed by atoms with van der Waals surface area (Å²) in [6.45, 7) is 7.00. The highest BCUT2D eigenvalue weighted by Gasteiger charge is 2.22. The molecule has 0 amide bonds. The SMILES string of the molecule is CCCCCCCCCCCCCCCCCC[Si](C)(Cl)CCCCCCCC. The van der Waals surface area contributed by atoms with Crippen molar-refractivity contribution in [2.45, 2.75) is 174 Å². The molecule has 1 atom stereocenters. The number of hydrogen-bond acceptors (Lipinski definition) is 0. The Morgan fingerprint density at radius 2 is 0.586 bits per heavy atom. The van der Waals surface area contributed by atoms with Crippen molar-refractivity contribution in [3.63, 3.8) is 0 Å². The van der Waals surface area contributed by atoms with Gasteiger partial charge in [0.05, 0.1) is 0 Å². The Morgan fingerprint density at radius 1 is 0.379 bits per heavy atom. The number of hydrogen-bond donors (Lipinski definition) is 0. The molecule has 0 rings (SSSR count). The first kappa shape index (κ1) is 29.5. The number of halogens is 1. The molecule has 2 heteroatoms. The quantitative estimate of drug-likeness (QED) is 0.0787. The molecule has 0 N–H and O–H groups in total. The van der Waals surface area contributed by atoms with E-state index in [2.05, 4.69) is 20.4 Å². The molecule has 0 aromatic heterocycles. The van der Waals surface area contributed by atoms with E-state index >= 15 is 0 Å². The molecule has 0 aliphatic carbocycles. The smallest absolute Gasteiger partial charge is 0.153 e. The third-order valence-corrected chi connectivity index (χ3v) is 10.5. The van der Waals surface area contributed by atoms with Crippen LogP contribution < -0.4 is 0 Å². The minimum absolute atomic E-state index is 1.35. The molecule has 0 fully saturated rings. The molecule has 29 heavy (non-hydrogen) atoms. The van der Waals surface area contributed by atoms with Gasteiger partial charge in [-0.1, -0.05) is 162 Å². The molecular formula is C27H57ClSi. The van der Waals surface area contributed by atoms with E-state index in [9.17, 15) is 0 Å². The van der Waals surface area contributed by atoms with Gasteiger partial charge in [-0.25, -0.2) is 0 Å². The number of rotatable bonds is 24. The normalized spacial score (nSPS) is 13.7. The lowest BCUT2D eigenvalue weighted by Crippen LogP contribution is -2.21. The van der Waals surface area contributed by atoms with Gasteiger partial charge in [-0.15, -0.1) is 0 Å². The minimum atomic E-state index is -1.41. The van der Waals surface area contributed by atoms with Gasteiger partial charge in [0, 0.05) is 0 Å². The lowest BCUT2D eigenvalue weighted by molar-refractivity contribution is 0.531. The first-order chi connectivity index (χ1) is 14.1. The summed E-state index contributed by atoms with van der Waals surface area (Å²) in [6.07, 6.45) is 31.6. The monoisotopic (exact) mass is 444 g/mol. The molecule has 0 aromatic rings. The second-order valence-electron chi connectivity index (χ2n) is 9.98. The van der Waals surface area contributed by atoms with Crippen LogP contribution in [0.4, 0.5) is 0 Å². The van der Waals surface area contributed by atoms with E-state index in [-0.39, 0.29) is 0 Å². The Hall–Kier alpha value is 0.507. The Kier molecular flexibility index (Phi) is 23.6. The fraction of sp³-hybridized carbons (Fsp3) is 1.00. The van der Waals surface area contributed by atoms with Crippen molar-refractivity contribution in [1.82, 2.24) is 0 Å². The van der Waals surface area contributed by atoms with E-state index < -0.39 is 7.38 Å². The second kappa shape index (κ2) is 23.2. The molecule has 0 aromatic carbocycles. The molecule has 0 aliphatic heterocycles. The Bertz CT molecular complexity index is 303. The maximum Gasteiger partial charge on any atom is 0.153 e. The van der Waals surface area contributed by atoms with Gasteiger partial charge in [-0.2, -0.15) is 11.1 Å². The fourth-order valence-electron chi connectivity index (χ4n) is 4.44. The van der Waals surface area contributed by atoms with Crippen LogP contribution in [0.15, 0.2) is 0 Å². The fourth-order valence-corrected chi connectivity index (χ4v) is 7.47. The van der Waals surface area contributed by atoms with Crippen LogP contribution >= 0.6 is 11.1 Å². The molecule has 0 nitrogen and oxygen atoms in total. The zero-order valence-corrected chi connectivity index (χ0v) is 22.6. The molecule has 0 radical (unpaired) electrons. The first-order valence-corrected chi connectivity index (χ1v) is 17.7. The largest absolute Gasteiger partial charge is 0.167 e. The summed E-state index contributed by atoms with van der Waals surface area (Å²) in [5.74, 6) is 0. The zero-order chi connectivity index (χ0) is 21.5. The van der Waals surface area contributed by atoms with E-state index in [0.29, 0.717) is 0 Å². The maximum atomic E-state index is 6.88. The summed E-state index contributed by atoms with van der Waals surface area (Å²) in [7, 11) is -1.41. The van der Waals surface area contributed by atoms with Crippen molar-refractivity contribution in [3.05, 3.63) is 0 Å². The van der Waals surface area contributed by atoms with Crippen LogP contribution in [0.2, 0.25) is 18.6 Å². The molecule has 0 bridgehead atoms. The van der Waals surface area contributed by atoms with Crippen molar-refractivity contribution in [2.24, 2.45) is 0 Å². The Labute approximate surface area is 192 Å². The van der Waals surface area contributed by atoms with Crippen LogP contribution in [0.25, 0.3) is 0 Å². The van der Waals surface area contributed by atoms with Gasteiger partial charge in [0.25, 0.3) is 0 Å². The van der Waals surface area contributed by atoms with Gasteiger partial charge >= 0.3 is 0 Å². The zero-order valence-electron chi connectivity index (χ0n) is 20.8. The highest BCUT2D eigenvalue weighted by atomic mass is 35.6. The summed E-state index contributed by atoms with van der Waals surface area (Å²) in [6, 6.07) is 2.70. The minimum Gasteiger partial charge on any atom is -0.167 e. The summed E-state index contributed by atoms with van der Waals surface area (Å²) in [5.41, 5.74) is 0. The molecule has 0 heterocycles. The van der Waals surface area contributed by atoms with Gasteiger partial charge in [0.1, 0.15) is 0 Å². The van der Waals surface area contributed by atoms with Crippen LogP contribution in [0.5, 0.6) is 0 Å². The lowest BCUT2D eigenvalue weighted by Gasteiger charge is -2.19. The molecule has 0 saturated heterocycles. The highest BCUT2D eigenvalue weighted by molar-refractivity contribution is 7.19. The second-order valence-corrected chi connectivity index (χ2v) is 16.5. The Balaban J connectivity index is 3.23. The van der Waals surface area contributed by atoms with Gasteiger partial charge < -0.3 is 0 Å². The molecule has 0 spiro atoms. The topological polar surface area (TPSA) is 0 Å².